The summed E-state index contributed by atoms with van der Waals surface area (Å²) in [4.78, 5) is 28.4. The highest BCUT2D eigenvalue weighted by atomic mass is 16.3. The maximum Gasteiger partial charge on any atom is 0.252 e. The van der Waals surface area contributed by atoms with Crippen molar-refractivity contribution in [2.24, 2.45) is 0 Å². The molecule has 2 aromatic rings. The molecule has 0 fully saturated rings. The van der Waals surface area contributed by atoms with Gasteiger partial charge in [-0.1, -0.05) is 18.2 Å². The molecule has 0 aliphatic rings. The molecule has 2 N–H and O–H groups in total. The number of nitrogens with zero attached hydrogens (tertiary/aromatic N) is 1. The second-order valence-electron chi connectivity index (χ2n) is 5.95. The SMILES string of the molecule is CN(CC(C)(C)O)C(=O)Cc1cc2ccccc2[nH]c1=O. The fourth-order valence-corrected chi connectivity index (χ4v) is 2.29. The van der Waals surface area contributed by atoms with E-state index in [1.807, 2.05) is 24.3 Å². The second-order valence-corrected chi connectivity index (χ2v) is 5.95. The van der Waals surface area contributed by atoms with Crippen LogP contribution in [0.4, 0.5) is 0 Å². The molecule has 0 bridgehead atoms. The van der Waals surface area contributed by atoms with Crippen molar-refractivity contribution in [1.29, 1.82) is 0 Å². The largest absolute Gasteiger partial charge is 0.389 e. The Balaban J connectivity index is 2.21. The first-order valence-corrected chi connectivity index (χ1v) is 6.83. The number of H-pyrrole nitrogens is 1. The summed E-state index contributed by atoms with van der Waals surface area (Å²) >= 11 is 0. The average Bonchev–Trinajstić information content (AvgIpc) is 2.37. The number of aliphatic hydroxyl groups is 1. The molecule has 0 aliphatic heterocycles. The highest BCUT2D eigenvalue weighted by Crippen LogP contribution is 2.11. The number of para-hydroxylation sites is 1. The van der Waals surface area contributed by atoms with Crippen LogP contribution in [-0.2, 0) is 11.2 Å². The molecule has 5 nitrogen and oxygen atoms in total. The lowest BCUT2D eigenvalue weighted by Crippen LogP contribution is -2.40. The van der Waals surface area contributed by atoms with Gasteiger partial charge >= 0.3 is 0 Å². The van der Waals surface area contributed by atoms with Gasteiger partial charge in [-0.05, 0) is 31.4 Å². The minimum Gasteiger partial charge on any atom is -0.389 e. The molecule has 0 atom stereocenters. The molecule has 0 saturated heterocycles. The Morgan fingerprint density at radius 3 is 2.67 bits per heavy atom. The lowest BCUT2D eigenvalue weighted by molar-refractivity contribution is -0.131. The zero-order valence-electron chi connectivity index (χ0n) is 12.5. The molecule has 112 valence electrons. The summed E-state index contributed by atoms with van der Waals surface area (Å²) in [6, 6.07) is 9.18. The molecule has 0 radical (unpaired) electrons. The van der Waals surface area contributed by atoms with Gasteiger partial charge in [0.15, 0.2) is 0 Å². The topological polar surface area (TPSA) is 73.4 Å². The first-order chi connectivity index (χ1) is 9.76. The predicted molar refractivity (Wildman–Crippen MR) is 82.2 cm³/mol. The molecule has 0 saturated carbocycles. The van der Waals surface area contributed by atoms with Crippen molar-refractivity contribution in [2.75, 3.05) is 13.6 Å². The fourth-order valence-electron chi connectivity index (χ4n) is 2.29. The van der Waals surface area contributed by atoms with Gasteiger partial charge in [0.1, 0.15) is 0 Å². The van der Waals surface area contributed by atoms with Crippen molar-refractivity contribution in [3.63, 3.8) is 0 Å². The standard InChI is InChI=1S/C16H20N2O3/c1-16(2,21)10-18(3)14(19)9-12-8-11-6-4-5-7-13(11)17-15(12)20/h4-8,21H,9-10H2,1-3H3,(H,17,20). The summed E-state index contributed by atoms with van der Waals surface area (Å²) < 4.78 is 0. The van der Waals surface area contributed by atoms with Crippen molar-refractivity contribution in [3.05, 3.63) is 46.2 Å². The lowest BCUT2D eigenvalue weighted by atomic mass is 10.1. The Morgan fingerprint density at radius 2 is 2.00 bits per heavy atom. The highest BCUT2D eigenvalue weighted by molar-refractivity contribution is 5.82. The van der Waals surface area contributed by atoms with Gasteiger partial charge in [0.2, 0.25) is 5.91 Å². The number of nitrogens with one attached hydrogen (secondary N) is 1. The number of amides is 1. The minimum atomic E-state index is -0.958. The number of benzene rings is 1. The van der Waals surface area contributed by atoms with Crippen molar-refractivity contribution in [3.8, 4) is 0 Å². The summed E-state index contributed by atoms with van der Waals surface area (Å²) in [5, 5.41) is 10.6. The highest BCUT2D eigenvalue weighted by Gasteiger charge is 2.20. The number of carbonyl (C=O) groups excluding carboxylic acids is 1. The summed E-state index contributed by atoms with van der Waals surface area (Å²) in [6.45, 7) is 3.50. The Morgan fingerprint density at radius 1 is 1.33 bits per heavy atom. The Bertz CT molecular complexity index is 713. The number of aromatic amines is 1. The average molecular weight is 288 g/mol. The monoisotopic (exact) mass is 288 g/mol. The summed E-state index contributed by atoms with van der Waals surface area (Å²) in [5.74, 6) is -0.196. The van der Waals surface area contributed by atoms with Crippen LogP contribution in [-0.4, -0.2) is 40.1 Å². The van der Waals surface area contributed by atoms with Gasteiger partial charge in [0, 0.05) is 24.7 Å². The van der Waals surface area contributed by atoms with Gasteiger partial charge in [0.25, 0.3) is 5.56 Å². The maximum atomic E-state index is 12.1. The number of pyridine rings is 1. The third-order valence-corrected chi connectivity index (χ3v) is 3.22. The summed E-state index contributed by atoms with van der Waals surface area (Å²) in [6.07, 6.45) is 0.0206. The van der Waals surface area contributed by atoms with Crippen LogP contribution in [0.2, 0.25) is 0 Å². The molecule has 0 spiro atoms. The third kappa shape index (κ3) is 3.92. The van der Waals surface area contributed by atoms with Crippen molar-refractivity contribution in [1.82, 2.24) is 9.88 Å². The quantitative estimate of drug-likeness (QED) is 0.890. The van der Waals surface area contributed by atoms with E-state index in [2.05, 4.69) is 4.98 Å². The third-order valence-electron chi connectivity index (χ3n) is 3.22. The van der Waals surface area contributed by atoms with E-state index >= 15 is 0 Å². The molecule has 5 heteroatoms. The molecule has 1 aromatic heterocycles. The molecule has 0 unspecified atom stereocenters. The molecular weight excluding hydrogens is 268 g/mol. The number of hydrogen-bond donors (Lipinski definition) is 2. The van der Waals surface area contributed by atoms with Crippen molar-refractivity contribution in [2.45, 2.75) is 25.9 Å². The van der Waals surface area contributed by atoms with Gasteiger partial charge in [-0.15, -0.1) is 0 Å². The number of hydrogen-bond acceptors (Lipinski definition) is 3. The Hall–Kier alpha value is -2.14. The minimum absolute atomic E-state index is 0.0206. The predicted octanol–water partition coefficient (Wildman–Crippen LogP) is 1.30. The van der Waals surface area contributed by atoms with E-state index in [0.717, 1.165) is 10.9 Å². The van der Waals surface area contributed by atoms with E-state index in [9.17, 15) is 14.7 Å². The number of aromatic nitrogens is 1. The van der Waals surface area contributed by atoms with Crippen LogP contribution in [0, 0.1) is 0 Å². The number of likely N-dealkylation sites (N-methyl/N-ethyl adjacent to an activating group) is 1. The van der Waals surface area contributed by atoms with E-state index in [1.54, 1.807) is 27.0 Å². The van der Waals surface area contributed by atoms with E-state index in [1.165, 1.54) is 4.90 Å². The van der Waals surface area contributed by atoms with Crippen LogP contribution in [0.3, 0.4) is 0 Å². The number of fused-ring (bicyclic) bond motifs is 1. The van der Waals surface area contributed by atoms with E-state index in [0.29, 0.717) is 5.56 Å². The van der Waals surface area contributed by atoms with E-state index in [-0.39, 0.29) is 24.4 Å². The normalized spacial score (nSPS) is 11.6. The number of carbonyl (C=O) groups is 1. The molecular formula is C16H20N2O3. The van der Waals surface area contributed by atoms with Gasteiger partial charge in [-0.25, -0.2) is 0 Å². The molecule has 1 aromatic carbocycles. The van der Waals surface area contributed by atoms with Gasteiger partial charge < -0.3 is 15.0 Å². The number of rotatable bonds is 4. The molecule has 0 aliphatic carbocycles. The smallest absolute Gasteiger partial charge is 0.252 e. The van der Waals surface area contributed by atoms with Crippen LogP contribution >= 0.6 is 0 Å². The lowest BCUT2D eigenvalue weighted by Gasteiger charge is -2.25. The van der Waals surface area contributed by atoms with Crippen LogP contribution in [0.1, 0.15) is 19.4 Å². The van der Waals surface area contributed by atoms with Gasteiger partial charge in [-0.2, -0.15) is 0 Å². The first-order valence-electron chi connectivity index (χ1n) is 6.83. The molecule has 1 amide bonds. The molecule has 1 heterocycles. The van der Waals surface area contributed by atoms with Crippen LogP contribution in [0.5, 0.6) is 0 Å². The van der Waals surface area contributed by atoms with Crippen LogP contribution in [0.25, 0.3) is 10.9 Å². The van der Waals surface area contributed by atoms with E-state index in [4.69, 9.17) is 0 Å². The van der Waals surface area contributed by atoms with Gasteiger partial charge in [0.05, 0.1) is 12.0 Å². The Kier molecular flexibility index (Phi) is 4.14. The van der Waals surface area contributed by atoms with E-state index < -0.39 is 5.60 Å². The van der Waals surface area contributed by atoms with Gasteiger partial charge in [-0.3, -0.25) is 9.59 Å². The zero-order chi connectivity index (χ0) is 15.6. The summed E-state index contributed by atoms with van der Waals surface area (Å²) in [5.41, 5.74) is -0.0243. The summed E-state index contributed by atoms with van der Waals surface area (Å²) in [7, 11) is 1.62. The fraction of sp³-hybridized carbons (Fsp3) is 0.375. The van der Waals surface area contributed by atoms with Crippen LogP contribution < -0.4 is 5.56 Å². The second kappa shape index (κ2) is 5.69. The molecule has 2 rings (SSSR count). The Labute approximate surface area is 123 Å². The first kappa shape index (κ1) is 15.3. The maximum absolute atomic E-state index is 12.1. The zero-order valence-corrected chi connectivity index (χ0v) is 12.5. The molecule has 21 heavy (non-hydrogen) atoms. The van der Waals surface area contributed by atoms with Crippen LogP contribution in [0.15, 0.2) is 35.1 Å². The van der Waals surface area contributed by atoms with Crippen molar-refractivity contribution >= 4 is 16.8 Å². The van der Waals surface area contributed by atoms with Crippen molar-refractivity contribution < 1.29 is 9.90 Å².